The number of imidazole rings is 1. The Bertz CT molecular complexity index is 994. The van der Waals surface area contributed by atoms with Crippen molar-refractivity contribution < 1.29 is 14.4 Å². The van der Waals surface area contributed by atoms with Gasteiger partial charge < -0.3 is 9.88 Å². The highest BCUT2D eigenvalue weighted by Gasteiger charge is 2.52. The predicted molar refractivity (Wildman–Crippen MR) is 115 cm³/mol. The summed E-state index contributed by atoms with van der Waals surface area (Å²) < 4.78 is 2.08. The first-order valence-electron chi connectivity index (χ1n) is 10.4. The Morgan fingerprint density at radius 1 is 1.30 bits per heavy atom. The summed E-state index contributed by atoms with van der Waals surface area (Å²) >= 11 is 1.29. The molecule has 0 radical (unpaired) electrons. The summed E-state index contributed by atoms with van der Waals surface area (Å²) in [6, 6.07) is 7.47. The molecule has 30 heavy (non-hydrogen) atoms. The van der Waals surface area contributed by atoms with Crippen LogP contribution in [0.15, 0.2) is 29.4 Å². The van der Waals surface area contributed by atoms with Gasteiger partial charge in [-0.1, -0.05) is 30.8 Å². The molecule has 1 aromatic heterocycles. The summed E-state index contributed by atoms with van der Waals surface area (Å²) in [7, 11) is 0. The second kappa shape index (κ2) is 7.94. The van der Waals surface area contributed by atoms with Crippen molar-refractivity contribution in [3.05, 3.63) is 24.3 Å². The van der Waals surface area contributed by atoms with Gasteiger partial charge in [0.2, 0.25) is 5.91 Å². The average Bonchev–Trinajstić information content (AvgIpc) is 3.19. The molecule has 0 unspecified atom stereocenters. The lowest BCUT2D eigenvalue weighted by molar-refractivity contribution is -0.139. The van der Waals surface area contributed by atoms with Crippen molar-refractivity contribution in [3.63, 3.8) is 0 Å². The minimum absolute atomic E-state index is 0.0527. The molecular formula is C21H27N5O3S. The number of urea groups is 1. The van der Waals surface area contributed by atoms with Crippen LogP contribution >= 0.6 is 11.8 Å². The van der Waals surface area contributed by atoms with Crippen molar-refractivity contribution in [1.82, 2.24) is 25.3 Å². The van der Waals surface area contributed by atoms with E-state index in [9.17, 15) is 14.4 Å². The monoisotopic (exact) mass is 429 g/mol. The third-order valence-electron chi connectivity index (χ3n) is 5.94. The summed E-state index contributed by atoms with van der Waals surface area (Å²) in [6.07, 6.45) is 2.99. The minimum Gasteiger partial charge on any atom is -0.322 e. The van der Waals surface area contributed by atoms with Crippen LogP contribution < -0.4 is 10.7 Å². The zero-order valence-electron chi connectivity index (χ0n) is 17.5. The SMILES string of the molecule is CC1CCC2(CC1)NC(=O)N(NC(=O)CSc1nc3ccccc3n1C(C)C)C2=O. The molecule has 2 N–H and O–H groups in total. The maximum atomic E-state index is 12.9. The Morgan fingerprint density at radius 2 is 2.00 bits per heavy atom. The molecule has 2 aromatic rings. The number of rotatable bonds is 5. The fourth-order valence-electron chi connectivity index (χ4n) is 4.23. The first-order valence-corrected chi connectivity index (χ1v) is 11.4. The van der Waals surface area contributed by atoms with E-state index in [0.717, 1.165) is 34.0 Å². The molecule has 2 heterocycles. The molecule has 2 fully saturated rings. The molecule has 2 aliphatic rings. The molecular weight excluding hydrogens is 402 g/mol. The van der Waals surface area contributed by atoms with Gasteiger partial charge in [-0.3, -0.25) is 15.0 Å². The molecule has 1 aromatic carbocycles. The predicted octanol–water partition coefficient (Wildman–Crippen LogP) is 3.24. The van der Waals surface area contributed by atoms with Gasteiger partial charge in [0, 0.05) is 6.04 Å². The highest BCUT2D eigenvalue weighted by Crippen LogP contribution is 2.36. The van der Waals surface area contributed by atoms with Gasteiger partial charge in [-0.15, -0.1) is 0 Å². The number of hydrazine groups is 1. The second-order valence-corrected chi connectivity index (χ2v) is 9.45. The number of para-hydroxylation sites is 2. The Morgan fingerprint density at radius 3 is 2.70 bits per heavy atom. The van der Waals surface area contributed by atoms with Crippen LogP contribution in [0.1, 0.15) is 52.5 Å². The van der Waals surface area contributed by atoms with E-state index < -0.39 is 17.5 Å². The van der Waals surface area contributed by atoms with E-state index in [1.807, 2.05) is 24.3 Å². The Kier molecular flexibility index (Phi) is 5.48. The lowest BCUT2D eigenvalue weighted by Crippen LogP contribution is -2.51. The fraction of sp³-hybridized carbons (Fsp3) is 0.524. The van der Waals surface area contributed by atoms with Crippen molar-refractivity contribution in [2.24, 2.45) is 5.92 Å². The number of amides is 4. The van der Waals surface area contributed by atoms with Gasteiger partial charge in [0.15, 0.2) is 5.16 Å². The van der Waals surface area contributed by atoms with Gasteiger partial charge in [-0.05, 0) is 57.6 Å². The molecule has 1 spiro atoms. The van der Waals surface area contributed by atoms with E-state index in [2.05, 4.69) is 41.1 Å². The number of carbonyl (C=O) groups is 3. The van der Waals surface area contributed by atoms with E-state index in [0.29, 0.717) is 18.8 Å². The molecule has 1 aliphatic heterocycles. The molecule has 9 heteroatoms. The molecule has 0 bridgehead atoms. The zero-order valence-corrected chi connectivity index (χ0v) is 18.3. The van der Waals surface area contributed by atoms with E-state index in [4.69, 9.17) is 0 Å². The van der Waals surface area contributed by atoms with Gasteiger partial charge in [0.25, 0.3) is 5.91 Å². The van der Waals surface area contributed by atoms with E-state index >= 15 is 0 Å². The lowest BCUT2D eigenvalue weighted by atomic mass is 9.77. The maximum Gasteiger partial charge on any atom is 0.344 e. The third kappa shape index (κ3) is 3.66. The third-order valence-corrected chi connectivity index (χ3v) is 6.89. The summed E-state index contributed by atoms with van der Waals surface area (Å²) in [5.74, 6) is -0.170. The average molecular weight is 430 g/mol. The number of carbonyl (C=O) groups excluding carboxylic acids is 3. The highest BCUT2D eigenvalue weighted by molar-refractivity contribution is 7.99. The molecule has 1 saturated heterocycles. The van der Waals surface area contributed by atoms with Crippen LogP contribution in [0.3, 0.4) is 0 Å². The number of fused-ring (bicyclic) bond motifs is 1. The van der Waals surface area contributed by atoms with Crippen LogP contribution in [-0.2, 0) is 9.59 Å². The summed E-state index contributed by atoms with van der Waals surface area (Å²) in [5.41, 5.74) is 3.51. The number of aromatic nitrogens is 2. The van der Waals surface area contributed by atoms with Crippen LogP contribution in [0.25, 0.3) is 11.0 Å². The quantitative estimate of drug-likeness (QED) is 0.562. The minimum atomic E-state index is -0.865. The number of nitrogens with one attached hydrogen (secondary N) is 2. The standard InChI is InChI=1S/C21H27N5O3S/c1-13(2)25-16-7-5-4-6-15(16)22-20(25)30-12-17(27)24-26-18(28)21(23-19(26)29)10-8-14(3)9-11-21/h4-7,13-14H,8-12H2,1-3H3,(H,23,29)(H,24,27). The smallest absolute Gasteiger partial charge is 0.322 e. The first kappa shape index (κ1) is 20.7. The van der Waals surface area contributed by atoms with Crippen LogP contribution in [-0.4, -0.2) is 43.7 Å². The van der Waals surface area contributed by atoms with E-state index in [1.165, 1.54) is 11.8 Å². The largest absolute Gasteiger partial charge is 0.344 e. The van der Waals surface area contributed by atoms with Gasteiger partial charge in [-0.25, -0.2) is 9.78 Å². The highest BCUT2D eigenvalue weighted by atomic mass is 32.2. The summed E-state index contributed by atoms with van der Waals surface area (Å²) in [4.78, 5) is 42.4. The number of imide groups is 1. The Hall–Kier alpha value is -2.55. The molecule has 1 saturated carbocycles. The molecule has 8 nitrogen and oxygen atoms in total. The van der Waals surface area contributed by atoms with Gasteiger partial charge >= 0.3 is 6.03 Å². The second-order valence-electron chi connectivity index (χ2n) is 8.51. The summed E-state index contributed by atoms with van der Waals surface area (Å²) in [6.45, 7) is 6.28. The molecule has 0 atom stereocenters. The van der Waals surface area contributed by atoms with Crippen LogP contribution in [0.2, 0.25) is 0 Å². The number of thioether (sulfide) groups is 1. The van der Waals surface area contributed by atoms with Gasteiger partial charge in [0.1, 0.15) is 5.54 Å². The van der Waals surface area contributed by atoms with E-state index in [1.54, 1.807) is 0 Å². The number of nitrogens with zero attached hydrogens (tertiary/aromatic N) is 3. The topological polar surface area (TPSA) is 96.3 Å². The van der Waals surface area contributed by atoms with Crippen LogP contribution in [0.5, 0.6) is 0 Å². The number of hydrogen-bond acceptors (Lipinski definition) is 5. The molecule has 4 amide bonds. The molecule has 1 aliphatic carbocycles. The first-order chi connectivity index (χ1) is 14.3. The van der Waals surface area contributed by atoms with Crippen molar-refractivity contribution in [3.8, 4) is 0 Å². The fourth-order valence-corrected chi connectivity index (χ4v) is 5.16. The molecule has 4 rings (SSSR count). The summed E-state index contributed by atoms with van der Waals surface area (Å²) in [5, 5.41) is 4.39. The van der Waals surface area contributed by atoms with Crippen molar-refractivity contribution in [2.45, 2.75) is 63.2 Å². The van der Waals surface area contributed by atoms with Gasteiger partial charge in [0.05, 0.1) is 16.8 Å². The van der Waals surface area contributed by atoms with E-state index in [-0.39, 0.29) is 17.7 Å². The van der Waals surface area contributed by atoms with Crippen molar-refractivity contribution in [1.29, 1.82) is 0 Å². The number of benzene rings is 1. The zero-order chi connectivity index (χ0) is 21.5. The number of hydrogen-bond donors (Lipinski definition) is 2. The molecule has 160 valence electrons. The normalized spacial score (nSPS) is 24.1. The van der Waals surface area contributed by atoms with Crippen molar-refractivity contribution >= 4 is 40.6 Å². The van der Waals surface area contributed by atoms with Gasteiger partial charge in [-0.2, -0.15) is 5.01 Å². The van der Waals surface area contributed by atoms with Crippen LogP contribution in [0, 0.1) is 5.92 Å². The van der Waals surface area contributed by atoms with Crippen LogP contribution in [0.4, 0.5) is 4.79 Å². The Balaban J connectivity index is 1.42. The Labute approximate surface area is 179 Å². The lowest BCUT2D eigenvalue weighted by Gasteiger charge is -2.33. The van der Waals surface area contributed by atoms with Crippen molar-refractivity contribution in [2.75, 3.05) is 5.75 Å². The maximum absolute atomic E-state index is 12.9.